The molecule has 7 aromatic rings. The van der Waals surface area contributed by atoms with Crippen molar-refractivity contribution in [1.29, 1.82) is 0 Å². The molecule has 0 atom stereocenters. The first-order valence-electron chi connectivity index (χ1n) is 12.1. The summed E-state index contributed by atoms with van der Waals surface area (Å²) in [5.41, 5.74) is 4.19. The molecule has 4 heteroatoms. The maximum Gasteiger partial charge on any atom is 0.226 e. The largest absolute Gasteiger partial charge is 0.226 e. The summed E-state index contributed by atoms with van der Waals surface area (Å²) in [6, 6.07) is 42.1. The Morgan fingerprint density at radius 2 is 0.919 bits per heavy atom. The van der Waals surface area contributed by atoms with Gasteiger partial charge >= 0.3 is 0 Å². The molecule has 0 radical (unpaired) electrons. The molecule has 0 aliphatic carbocycles. The van der Waals surface area contributed by atoms with Crippen LogP contribution in [-0.2, 0) is 0 Å². The van der Waals surface area contributed by atoms with Crippen LogP contribution in [0.5, 0.6) is 0 Å². The van der Waals surface area contributed by atoms with Gasteiger partial charge in [0.15, 0.2) is 11.6 Å². The average molecular weight is 494 g/mol. The second-order valence-corrected chi connectivity index (χ2v) is 9.46. The van der Waals surface area contributed by atoms with Gasteiger partial charge in [0.05, 0.1) is 0 Å². The molecular formula is C33H20ClN3. The molecule has 3 nitrogen and oxygen atoms in total. The Balaban J connectivity index is 1.29. The first-order valence-corrected chi connectivity index (χ1v) is 12.5. The first kappa shape index (κ1) is 21.7. The lowest BCUT2D eigenvalue weighted by Gasteiger charge is -2.09. The molecule has 1 aromatic heterocycles. The number of hydrogen-bond acceptors (Lipinski definition) is 3. The Morgan fingerprint density at radius 3 is 1.70 bits per heavy atom. The van der Waals surface area contributed by atoms with Gasteiger partial charge in [0.25, 0.3) is 0 Å². The summed E-state index contributed by atoms with van der Waals surface area (Å²) in [6.45, 7) is 0. The Hall–Kier alpha value is -4.60. The number of fused-ring (bicyclic) bond motifs is 4. The smallest absolute Gasteiger partial charge is 0.208 e. The van der Waals surface area contributed by atoms with Gasteiger partial charge in [-0.05, 0) is 73.2 Å². The zero-order valence-corrected chi connectivity index (χ0v) is 20.5. The lowest BCUT2D eigenvalue weighted by molar-refractivity contribution is 1.07. The molecule has 6 aromatic carbocycles. The third kappa shape index (κ3) is 4.00. The summed E-state index contributed by atoms with van der Waals surface area (Å²) in [7, 11) is 0. The van der Waals surface area contributed by atoms with Crippen molar-refractivity contribution in [2.45, 2.75) is 0 Å². The van der Waals surface area contributed by atoms with E-state index < -0.39 is 0 Å². The summed E-state index contributed by atoms with van der Waals surface area (Å²) in [6.07, 6.45) is 0. The zero-order valence-electron chi connectivity index (χ0n) is 19.8. The van der Waals surface area contributed by atoms with Gasteiger partial charge in [-0.25, -0.2) is 4.98 Å². The molecule has 0 saturated carbocycles. The van der Waals surface area contributed by atoms with Crippen LogP contribution in [0.4, 0.5) is 0 Å². The van der Waals surface area contributed by atoms with Gasteiger partial charge in [0, 0.05) is 11.1 Å². The van der Waals surface area contributed by atoms with Crippen molar-refractivity contribution < 1.29 is 0 Å². The van der Waals surface area contributed by atoms with Gasteiger partial charge in [-0.1, -0.05) is 103 Å². The summed E-state index contributed by atoms with van der Waals surface area (Å²) >= 11 is 6.39. The maximum atomic E-state index is 6.39. The quantitative estimate of drug-likeness (QED) is 0.230. The van der Waals surface area contributed by atoms with Gasteiger partial charge in [0.2, 0.25) is 5.28 Å². The maximum absolute atomic E-state index is 6.39. The molecule has 0 aliphatic rings. The van der Waals surface area contributed by atoms with Gasteiger partial charge in [-0.3, -0.25) is 0 Å². The lowest BCUT2D eigenvalue weighted by atomic mass is 9.99. The molecule has 0 fully saturated rings. The molecule has 0 bridgehead atoms. The van der Waals surface area contributed by atoms with Crippen LogP contribution in [0.15, 0.2) is 121 Å². The molecule has 1 heterocycles. The van der Waals surface area contributed by atoms with E-state index in [1.807, 2.05) is 12.1 Å². The number of rotatable bonds is 3. The predicted molar refractivity (Wildman–Crippen MR) is 154 cm³/mol. The van der Waals surface area contributed by atoms with E-state index in [9.17, 15) is 0 Å². The standard InChI is InChI=1S/C33H20ClN3/c34-33-36-31(27-15-13-24-18-23(11-12-25(24)19-27)21-6-2-1-3-7-21)35-32(37-33)28-16-17-30-26(20-28)14-10-22-8-4-5-9-29(22)30/h1-20H. The summed E-state index contributed by atoms with van der Waals surface area (Å²) in [5.74, 6) is 1.12. The molecule has 0 spiro atoms. The number of halogens is 1. The second kappa shape index (κ2) is 8.81. The molecule has 0 saturated heterocycles. The van der Waals surface area contributed by atoms with Gasteiger partial charge in [-0.2, -0.15) is 9.97 Å². The van der Waals surface area contributed by atoms with E-state index in [1.165, 1.54) is 27.3 Å². The summed E-state index contributed by atoms with van der Waals surface area (Å²) in [5, 5.41) is 7.24. The zero-order chi connectivity index (χ0) is 24.8. The topological polar surface area (TPSA) is 38.7 Å². The fourth-order valence-electron chi connectivity index (χ4n) is 4.96. The van der Waals surface area contributed by atoms with Crippen molar-refractivity contribution in [2.75, 3.05) is 0 Å². The second-order valence-electron chi connectivity index (χ2n) is 9.12. The first-order chi connectivity index (χ1) is 18.2. The van der Waals surface area contributed by atoms with E-state index in [0.717, 1.165) is 27.3 Å². The van der Waals surface area contributed by atoms with E-state index >= 15 is 0 Å². The molecule has 37 heavy (non-hydrogen) atoms. The number of nitrogens with zero attached hydrogens (tertiary/aromatic N) is 3. The Morgan fingerprint density at radius 1 is 0.378 bits per heavy atom. The predicted octanol–water partition coefficient (Wildman–Crippen LogP) is 8.99. The van der Waals surface area contributed by atoms with E-state index in [0.29, 0.717) is 11.6 Å². The van der Waals surface area contributed by atoms with Crippen LogP contribution in [0.1, 0.15) is 0 Å². The average Bonchev–Trinajstić information content (AvgIpc) is 2.96. The lowest BCUT2D eigenvalue weighted by Crippen LogP contribution is -1.97. The Labute approximate surface area is 219 Å². The number of benzene rings is 6. The summed E-state index contributed by atoms with van der Waals surface area (Å²) < 4.78 is 0. The SMILES string of the molecule is Clc1nc(-c2ccc3cc(-c4ccccc4)ccc3c2)nc(-c2ccc3c(ccc4ccccc43)c2)n1. The molecular weight excluding hydrogens is 474 g/mol. The van der Waals surface area contributed by atoms with Crippen LogP contribution in [0, 0.1) is 0 Å². The van der Waals surface area contributed by atoms with Gasteiger partial charge in [0.1, 0.15) is 0 Å². The molecule has 0 aliphatic heterocycles. The highest BCUT2D eigenvalue weighted by Gasteiger charge is 2.12. The molecule has 0 N–H and O–H groups in total. The van der Waals surface area contributed by atoms with E-state index in [4.69, 9.17) is 16.6 Å². The fourth-order valence-corrected chi connectivity index (χ4v) is 5.12. The van der Waals surface area contributed by atoms with Crippen molar-refractivity contribution in [2.24, 2.45) is 0 Å². The number of hydrogen-bond donors (Lipinski definition) is 0. The van der Waals surface area contributed by atoms with Crippen LogP contribution in [-0.4, -0.2) is 15.0 Å². The van der Waals surface area contributed by atoms with Crippen molar-refractivity contribution in [3.05, 3.63) is 127 Å². The minimum atomic E-state index is 0.179. The van der Waals surface area contributed by atoms with Crippen LogP contribution in [0.25, 0.3) is 66.2 Å². The van der Waals surface area contributed by atoms with Crippen molar-refractivity contribution in [3.63, 3.8) is 0 Å². The molecule has 174 valence electrons. The van der Waals surface area contributed by atoms with E-state index in [1.54, 1.807) is 0 Å². The Bertz CT molecular complexity index is 1950. The van der Waals surface area contributed by atoms with Crippen LogP contribution >= 0.6 is 11.6 Å². The van der Waals surface area contributed by atoms with Gasteiger partial charge < -0.3 is 0 Å². The minimum Gasteiger partial charge on any atom is -0.208 e. The van der Waals surface area contributed by atoms with Crippen LogP contribution in [0.2, 0.25) is 5.28 Å². The third-order valence-electron chi connectivity index (χ3n) is 6.82. The van der Waals surface area contributed by atoms with E-state index in [2.05, 4.69) is 119 Å². The monoisotopic (exact) mass is 493 g/mol. The highest BCUT2D eigenvalue weighted by atomic mass is 35.5. The van der Waals surface area contributed by atoms with Gasteiger partial charge in [-0.15, -0.1) is 0 Å². The highest BCUT2D eigenvalue weighted by molar-refractivity contribution is 6.28. The normalized spacial score (nSPS) is 11.4. The molecule has 0 amide bonds. The van der Waals surface area contributed by atoms with E-state index in [-0.39, 0.29) is 5.28 Å². The number of aromatic nitrogens is 3. The highest BCUT2D eigenvalue weighted by Crippen LogP contribution is 2.31. The third-order valence-corrected chi connectivity index (χ3v) is 6.99. The summed E-state index contributed by atoms with van der Waals surface area (Å²) in [4.78, 5) is 13.7. The molecule has 7 rings (SSSR count). The Kier molecular flexibility index (Phi) is 5.16. The minimum absolute atomic E-state index is 0.179. The van der Waals surface area contributed by atoms with Crippen molar-refractivity contribution in [3.8, 4) is 33.9 Å². The van der Waals surface area contributed by atoms with Crippen LogP contribution < -0.4 is 0 Å². The van der Waals surface area contributed by atoms with Crippen LogP contribution in [0.3, 0.4) is 0 Å². The molecule has 0 unspecified atom stereocenters. The van der Waals surface area contributed by atoms with Crippen molar-refractivity contribution in [1.82, 2.24) is 15.0 Å². The van der Waals surface area contributed by atoms with Crippen molar-refractivity contribution >= 4 is 43.9 Å². The fraction of sp³-hybridized carbons (Fsp3) is 0.